The molecule has 1 N–H and O–H groups in total. The van der Waals surface area contributed by atoms with Gasteiger partial charge in [-0.1, -0.05) is 6.92 Å². The van der Waals surface area contributed by atoms with Crippen molar-refractivity contribution in [2.24, 2.45) is 0 Å². The number of thioether (sulfide) groups is 1. The molecule has 2 unspecified atom stereocenters. The zero-order valence-electron chi connectivity index (χ0n) is 12.0. The van der Waals surface area contributed by atoms with Gasteiger partial charge in [0.05, 0.1) is 13.3 Å². The lowest BCUT2D eigenvalue weighted by Crippen LogP contribution is -2.33. The van der Waals surface area contributed by atoms with E-state index < -0.39 is 24.6 Å². The number of hydrogen-bond donors (Lipinski definition) is 1. The summed E-state index contributed by atoms with van der Waals surface area (Å²) in [6, 6.07) is 3.77. The van der Waals surface area contributed by atoms with Gasteiger partial charge < -0.3 is 9.84 Å². The van der Waals surface area contributed by atoms with Crippen LogP contribution in [0.25, 0.3) is 0 Å². The van der Waals surface area contributed by atoms with Gasteiger partial charge >= 0.3 is 0 Å². The van der Waals surface area contributed by atoms with Crippen LogP contribution < -0.4 is 4.74 Å². The minimum Gasteiger partial charge on any atom is -0.493 e. The number of fused-ring (bicyclic) bond motifs is 1. The second-order valence-electron chi connectivity index (χ2n) is 5.56. The molecule has 21 heavy (non-hydrogen) atoms. The zero-order chi connectivity index (χ0) is 15.6. The molecule has 0 amide bonds. The molecule has 0 saturated carbocycles. The number of alkyl halides is 3. The molecule has 0 bridgehead atoms. The Balaban J connectivity index is 2.44. The van der Waals surface area contributed by atoms with Crippen molar-refractivity contribution in [3.8, 4) is 5.75 Å². The molecule has 1 heterocycles. The summed E-state index contributed by atoms with van der Waals surface area (Å²) in [5.41, 5.74) is 0.364. The quantitative estimate of drug-likeness (QED) is 0.812. The fourth-order valence-electron chi connectivity index (χ4n) is 2.63. The molecular weight excluding hydrogens is 301 g/mol. The SMILES string of the molecule is CSc1cc2c(c(C(C)(CF)CC(O)C(F)F)c1)OCC2. The van der Waals surface area contributed by atoms with Crippen molar-refractivity contribution in [3.63, 3.8) is 0 Å². The summed E-state index contributed by atoms with van der Waals surface area (Å²) in [6.45, 7) is 1.24. The molecule has 6 heteroatoms. The third-order valence-electron chi connectivity index (χ3n) is 3.89. The van der Waals surface area contributed by atoms with Gasteiger partial charge in [-0.2, -0.15) is 0 Å². The lowest BCUT2D eigenvalue weighted by atomic mass is 9.77. The van der Waals surface area contributed by atoms with E-state index in [0.717, 1.165) is 16.9 Å². The average Bonchev–Trinajstić information content (AvgIpc) is 2.93. The monoisotopic (exact) mass is 320 g/mol. The van der Waals surface area contributed by atoms with Gasteiger partial charge in [-0.3, -0.25) is 4.39 Å². The van der Waals surface area contributed by atoms with Gasteiger partial charge in [-0.05, 0) is 30.4 Å². The van der Waals surface area contributed by atoms with Crippen molar-refractivity contribution < 1.29 is 23.0 Å². The summed E-state index contributed by atoms with van der Waals surface area (Å²) < 4.78 is 44.5. The van der Waals surface area contributed by atoms with Crippen molar-refractivity contribution >= 4 is 11.8 Å². The van der Waals surface area contributed by atoms with Gasteiger partial charge in [0.15, 0.2) is 0 Å². The molecule has 118 valence electrons. The average molecular weight is 320 g/mol. The number of rotatable bonds is 6. The number of ether oxygens (including phenoxy) is 1. The summed E-state index contributed by atoms with van der Waals surface area (Å²) in [7, 11) is 0. The summed E-state index contributed by atoms with van der Waals surface area (Å²) in [5.74, 6) is 0.592. The highest BCUT2D eigenvalue weighted by atomic mass is 32.2. The largest absolute Gasteiger partial charge is 0.493 e. The Labute approximate surface area is 126 Å². The summed E-state index contributed by atoms with van der Waals surface area (Å²) in [6.07, 6.45) is -2.43. The van der Waals surface area contributed by atoms with Gasteiger partial charge in [-0.25, -0.2) is 8.78 Å². The highest BCUT2D eigenvalue weighted by molar-refractivity contribution is 7.98. The van der Waals surface area contributed by atoms with Crippen LogP contribution in [0.4, 0.5) is 13.2 Å². The highest BCUT2D eigenvalue weighted by Gasteiger charge is 2.37. The maximum absolute atomic E-state index is 13.6. The van der Waals surface area contributed by atoms with E-state index in [-0.39, 0.29) is 6.42 Å². The van der Waals surface area contributed by atoms with Gasteiger partial charge in [0.1, 0.15) is 11.9 Å². The Morgan fingerprint density at radius 2 is 2.14 bits per heavy atom. The second kappa shape index (κ2) is 6.48. The van der Waals surface area contributed by atoms with Crippen LogP contribution in [0.1, 0.15) is 24.5 Å². The molecule has 2 atom stereocenters. The fraction of sp³-hybridized carbons (Fsp3) is 0.600. The molecule has 0 fully saturated rings. The molecule has 0 spiro atoms. The van der Waals surface area contributed by atoms with E-state index in [0.29, 0.717) is 17.9 Å². The van der Waals surface area contributed by atoms with Crippen molar-refractivity contribution in [2.75, 3.05) is 19.5 Å². The van der Waals surface area contributed by atoms with E-state index in [1.165, 1.54) is 11.8 Å². The first-order valence-electron chi connectivity index (χ1n) is 6.77. The number of aliphatic hydroxyl groups is 1. The third kappa shape index (κ3) is 3.31. The lowest BCUT2D eigenvalue weighted by molar-refractivity contribution is -0.0226. The Morgan fingerprint density at radius 3 is 2.71 bits per heavy atom. The molecule has 1 aromatic rings. The molecule has 0 saturated heterocycles. The molecular formula is C15H19F3O2S. The Morgan fingerprint density at radius 1 is 1.43 bits per heavy atom. The number of hydrogen-bond acceptors (Lipinski definition) is 3. The zero-order valence-corrected chi connectivity index (χ0v) is 12.9. The number of aliphatic hydroxyl groups excluding tert-OH is 1. The minimum atomic E-state index is -2.88. The van der Waals surface area contributed by atoms with Crippen LogP contribution >= 0.6 is 11.8 Å². The fourth-order valence-corrected chi connectivity index (χ4v) is 3.13. The lowest BCUT2D eigenvalue weighted by Gasteiger charge is -2.31. The van der Waals surface area contributed by atoms with Gasteiger partial charge in [-0.15, -0.1) is 11.8 Å². The molecule has 1 aromatic carbocycles. The Kier molecular flexibility index (Phi) is 5.09. The van der Waals surface area contributed by atoms with E-state index in [9.17, 15) is 18.3 Å². The molecule has 1 aliphatic rings. The number of benzene rings is 1. The molecule has 0 aromatic heterocycles. The predicted octanol–water partition coefficient (Wildman–Crippen LogP) is 3.59. The van der Waals surface area contributed by atoms with E-state index in [1.807, 2.05) is 12.3 Å². The van der Waals surface area contributed by atoms with Crippen LogP contribution in [0.15, 0.2) is 17.0 Å². The third-order valence-corrected chi connectivity index (χ3v) is 4.60. The maximum atomic E-state index is 13.6. The van der Waals surface area contributed by atoms with Gasteiger partial charge in [0, 0.05) is 22.3 Å². The maximum Gasteiger partial charge on any atom is 0.264 e. The van der Waals surface area contributed by atoms with E-state index >= 15 is 0 Å². The Hall–Kier alpha value is -0.880. The van der Waals surface area contributed by atoms with E-state index in [1.54, 1.807) is 13.0 Å². The first-order chi connectivity index (χ1) is 9.91. The van der Waals surface area contributed by atoms with Crippen molar-refractivity contribution in [1.82, 2.24) is 0 Å². The van der Waals surface area contributed by atoms with Crippen LogP contribution in [0.3, 0.4) is 0 Å². The minimum absolute atomic E-state index is 0.338. The molecule has 0 aliphatic carbocycles. The molecule has 1 aliphatic heterocycles. The first-order valence-corrected chi connectivity index (χ1v) is 8.00. The van der Waals surface area contributed by atoms with Crippen molar-refractivity contribution in [1.29, 1.82) is 0 Å². The summed E-state index contributed by atoms with van der Waals surface area (Å²) >= 11 is 1.51. The Bertz CT molecular complexity index is 510. The van der Waals surface area contributed by atoms with Crippen LogP contribution in [0, 0.1) is 0 Å². The predicted molar refractivity (Wildman–Crippen MR) is 77.4 cm³/mol. The molecule has 2 nitrogen and oxygen atoms in total. The van der Waals surface area contributed by atoms with Crippen LogP contribution in [-0.4, -0.2) is 37.2 Å². The van der Waals surface area contributed by atoms with Gasteiger partial charge in [0.2, 0.25) is 0 Å². The molecule has 2 rings (SSSR count). The number of halogens is 3. The first kappa shape index (κ1) is 16.5. The van der Waals surface area contributed by atoms with Crippen molar-refractivity contribution in [3.05, 3.63) is 23.3 Å². The normalized spacial score (nSPS) is 18.2. The van der Waals surface area contributed by atoms with Crippen LogP contribution in [0.5, 0.6) is 5.75 Å². The van der Waals surface area contributed by atoms with Gasteiger partial charge in [0.25, 0.3) is 6.43 Å². The van der Waals surface area contributed by atoms with E-state index in [2.05, 4.69) is 0 Å². The highest BCUT2D eigenvalue weighted by Crippen LogP contribution is 2.43. The van der Waals surface area contributed by atoms with Crippen LogP contribution in [0.2, 0.25) is 0 Å². The smallest absolute Gasteiger partial charge is 0.264 e. The summed E-state index contributed by atoms with van der Waals surface area (Å²) in [4.78, 5) is 0.945. The van der Waals surface area contributed by atoms with E-state index in [4.69, 9.17) is 4.74 Å². The molecule has 0 radical (unpaired) electrons. The van der Waals surface area contributed by atoms with Crippen LogP contribution in [-0.2, 0) is 11.8 Å². The summed E-state index contributed by atoms with van der Waals surface area (Å²) in [5, 5.41) is 9.47. The standard InChI is InChI=1S/C15H19F3O2S/c1-15(8-16,7-12(19)14(17)18)11-6-10(21-2)5-9-3-4-20-13(9)11/h5-6,12,14,19H,3-4,7-8H2,1-2H3. The van der Waals surface area contributed by atoms with Crippen molar-refractivity contribution in [2.45, 2.75) is 42.6 Å². The topological polar surface area (TPSA) is 29.5 Å². The second-order valence-corrected chi connectivity index (χ2v) is 6.44.